The topological polar surface area (TPSA) is 58.4 Å². The lowest BCUT2D eigenvalue weighted by Crippen LogP contribution is -2.46. The first-order chi connectivity index (χ1) is 7.93. The molecule has 4 nitrogen and oxygen atoms in total. The number of hydrogen-bond acceptors (Lipinski definition) is 3. The van der Waals surface area contributed by atoms with Crippen LogP contribution in [-0.2, 0) is 4.79 Å². The summed E-state index contributed by atoms with van der Waals surface area (Å²) in [5, 5.41) is 3.05. The first kappa shape index (κ1) is 14.5. The van der Waals surface area contributed by atoms with Crippen LogP contribution < -0.4 is 11.1 Å². The smallest absolute Gasteiger partial charge is 0.223 e. The lowest BCUT2D eigenvalue weighted by atomic mass is 9.77. The van der Waals surface area contributed by atoms with Crippen LogP contribution in [0.3, 0.4) is 0 Å². The molecule has 1 saturated carbocycles. The van der Waals surface area contributed by atoms with Crippen LogP contribution in [0.5, 0.6) is 0 Å². The van der Waals surface area contributed by atoms with Gasteiger partial charge in [0.1, 0.15) is 0 Å². The van der Waals surface area contributed by atoms with Crippen LogP contribution in [0.15, 0.2) is 0 Å². The van der Waals surface area contributed by atoms with E-state index in [4.69, 9.17) is 5.73 Å². The Labute approximate surface area is 105 Å². The summed E-state index contributed by atoms with van der Waals surface area (Å²) in [5.41, 5.74) is 6.02. The van der Waals surface area contributed by atoms with Crippen molar-refractivity contribution in [2.24, 2.45) is 17.6 Å². The van der Waals surface area contributed by atoms with Crippen LogP contribution in [0.2, 0.25) is 0 Å². The van der Waals surface area contributed by atoms with Crippen molar-refractivity contribution in [3.63, 3.8) is 0 Å². The fraction of sp³-hybridized carbons (Fsp3) is 0.923. The van der Waals surface area contributed by atoms with Gasteiger partial charge in [0.05, 0.1) is 0 Å². The number of nitrogens with one attached hydrogen (secondary N) is 1. The highest BCUT2D eigenvalue weighted by atomic mass is 16.1. The fourth-order valence-electron chi connectivity index (χ4n) is 2.33. The Morgan fingerprint density at radius 3 is 2.71 bits per heavy atom. The molecule has 3 N–H and O–H groups in total. The van der Waals surface area contributed by atoms with Gasteiger partial charge in [-0.05, 0) is 39.8 Å². The zero-order valence-electron chi connectivity index (χ0n) is 11.6. The van der Waals surface area contributed by atoms with Gasteiger partial charge in [-0.15, -0.1) is 0 Å². The Morgan fingerprint density at radius 1 is 1.47 bits per heavy atom. The van der Waals surface area contributed by atoms with Gasteiger partial charge in [0.2, 0.25) is 5.91 Å². The van der Waals surface area contributed by atoms with Crippen molar-refractivity contribution in [2.45, 2.75) is 45.2 Å². The van der Waals surface area contributed by atoms with E-state index in [0.717, 1.165) is 19.3 Å². The standard InChI is InChI=1S/C13H27N3O/c1-9(16(3)4)8-15-13(17)11-6-5-7-12(14)10(11)2/h9-12H,5-8,14H2,1-4H3,(H,15,17). The van der Waals surface area contributed by atoms with Gasteiger partial charge < -0.3 is 16.0 Å². The molecule has 0 saturated heterocycles. The van der Waals surface area contributed by atoms with Crippen LogP contribution in [0, 0.1) is 11.8 Å². The molecular weight excluding hydrogens is 214 g/mol. The summed E-state index contributed by atoms with van der Waals surface area (Å²) in [6.45, 7) is 4.92. The molecule has 1 fully saturated rings. The van der Waals surface area contributed by atoms with Crippen LogP contribution >= 0.6 is 0 Å². The number of likely N-dealkylation sites (N-methyl/N-ethyl adjacent to an activating group) is 1. The summed E-state index contributed by atoms with van der Waals surface area (Å²) in [5.74, 6) is 0.591. The molecule has 1 rings (SSSR count). The Bertz CT molecular complexity index is 255. The van der Waals surface area contributed by atoms with Gasteiger partial charge in [0.25, 0.3) is 0 Å². The minimum Gasteiger partial charge on any atom is -0.354 e. The highest BCUT2D eigenvalue weighted by Crippen LogP contribution is 2.28. The Kier molecular flexibility index (Phi) is 5.40. The van der Waals surface area contributed by atoms with Crippen molar-refractivity contribution in [1.82, 2.24) is 10.2 Å². The molecule has 0 aromatic heterocycles. The minimum atomic E-state index is 0.105. The molecule has 1 aliphatic rings. The fourth-order valence-corrected chi connectivity index (χ4v) is 2.33. The number of nitrogens with zero attached hydrogens (tertiary/aromatic N) is 1. The molecule has 4 unspecified atom stereocenters. The molecule has 0 heterocycles. The second kappa shape index (κ2) is 6.36. The number of amides is 1. The Balaban J connectivity index is 2.41. The molecule has 4 heteroatoms. The second-order valence-corrected chi connectivity index (χ2v) is 5.62. The zero-order valence-corrected chi connectivity index (χ0v) is 11.6. The van der Waals surface area contributed by atoms with E-state index in [1.807, 2.05) is 14.1 Å². The van der Waals surface area contributed by atoms with Crippen LogP contribution in [0.25, 0.3) is 0 Å². The molecular formula is C13H27N3O. The molecule has 0 aromatic rings. The maximum atomic E-state index is 12.1. The molecule has 0 bridgehead atoms. The summed E-state index contributed by atoms with van der Waals surface area (Å²) in [6.07, 6.45) is 3.11. The molecule has 0 spiro atoms. The van der Waals surface area contributed by atoms with E-state index >= 15 is 0 Å². The molecule has 100 valence electrons. The quantitative estimate of drug-likeness (QED) is 0.766. The van der Waals surface area contributed by atoms with Crippen molar-refractivity contribution in [3.8, 4) is 0 Å². The van der Waals surface area contributed by atoms with Crippen molar-refractivity contribution < 1.29 is 4.79 Å². The molecule has 4 atom stereocenters. The highest BCUT2D eigenvalue weighted by Gasteiger charge is 2.32. The lowest BCUT2D eigenvalue weighted by molar-refractivity contribution is -0.128. The van der Waals surface area contributed by atoms with E-state index in [0.29, 0.717) is 18.5 Å². The summed E-state index contributed by atoms with van der Waals surface area (Å²) in [4.78, 5) is 14.2. The third-order valence-electron chi connectivity index (χ3n) is 4.15. The number of hydrogen-bond donors (Lipinski definition) is 2. The van der Waals surface area contributed by atoms with Gasteiger partial charge in [0.15, 0.2) is 0 Å². The summed E-state index contributed by atoms with van der Waals surface area (Å²) >= 11 is 0. The predicted octanol–water partition coefficient (Wildman–Crippen LogP) is 0.816. The molecule has 1 aliphatic carbocycles. The number of rotatable bonds is 4. The second-order valence-electron chi connectivity index (χ2n) is 5.62. The van der Waals surface area contributed by atoms with E-state index in [2.05, 4.69) is 24.1 Å². The van der Waals surface area contributed by atoms with Crippen LogP contribution in [0.1, 0.15) is 33.1 Å². The van der Waals surface area contributed by atoms with E-state index in [9.17, 15) is 4.79 Å². The zero-order chi connectivity index (χ0) is 13.0. The van der Waals surface area contributed by atoms with Gasteiger partial charge in [0, 0.05) is 24.5 Å². The van der Waals surface area contributed by atoms with Crippen LogP contribution in [0.4, 0.5) is 0 Å². The highest BCUT2D eigenvalue weighted by molar-refractivity contribution is 5.79. The van der Waals surface area contributed by atoms with Gasteiger partial charge >= 0.3 is 0 Å². The molecule has 17 heavy (non-hydrogen) atoms. The maximum Gasteiger partial charge on any atom is 0.223 e. The normalized spacial score (nSPS) is 31.3. The summed E-state index contributed by atoms with van der Waals surface area (Å²) in [7, 11) is 4.05. The number of nitrogens with two attached hydrogens (primary N) is 1. The van der Waals surface area contributed by atoms with Crippen molar-refractivity contribution in [1.29, 1.82) is 0 Å². The molecule has 1 amide bonds. The predicted molar refractivity (Wildman–Crippen MR) is 70.6 cm³/mol. The van der Waals surface area contributed by atoms with Gasteiger partial charge in [-0.1, -0.05) is 13.3 Å². The monoisotopic (exact) mass is 241 g/mol. The van der Waals surface area contributed by atoms with Gasteiger partial charge in [-0.25, -0.2) is 0 Å². The average Bonchev–Trinajstić information content (AvgIpc) is 2.29. The van der Waals surface area contributed by atoms with Gasteiger partial charge in [-0.3, -0.25) is 4.79 Å². The third-order valence-corrected chi connectivity index (χ3v) is 4.15. The van der Waals surface area contributed by atoms with E-state index in [1.165, 1.54) is 0 Å². The Hall–Kier alpha value is -0.610. The molecule has 0 radical (unpaired) electrons. The summed E-state index contributed by atoms with van der Waals surface area (Å²) in [6, 6.07) is 0.553. The third kappa shape index (κ3) is 3.96. The van der Waals surface area contributed by atoms with Crippen LogP contribution in [-0.4, -0.2) is 43.5 Å². The minimum absolute atomic E-state index is 0.105. The van der Waals surface area contributed by atoms with E-state index in [1.54, 1.807) is 0 Å². The van der Waals surface area contributed by atoms with Crippen molar-refractivity contribution in [3.05, 3.63) is 0 Å². The number of carbonyl (C=O) groups excluding carboxylic acids is 1. The average molecular weight is 241 g/mol. The maximum absolute atomic E-state index is 12.1. The van der Waals surface area contributed by atoms with Gasteiger partial charge in [-0.2, -0.15) is 0 Å². The summed E-state index contributed by atoms with van der Waals surface area (Å²) < 4.78 is 0. The van der Waals surface area contributed by atoms with Crippen molar-refractivity contribution in [2.75, 3.05) is 20.6 Å². The SMILES string of the molecule is CC1C(N)CCCC1C(=O)NCC(C)N(C)C. The number of carbonyl (C=O) groups is 1. The van der Waals surface area contributed by atoms with Crippen molar-refractivity contribution >= 4 is 5.91 Å². The van der Waals surface area contributed by atoms with E-state index in [-0.39, 0.29) is 17.9 Å². The molecule has 0 aromatic carbocycles. The first-order valence-electron chi connectivity index (χ1n) is 6.63. The first-order valence-corrected chi connectivity index (χ1v) is 6.63. The Morgan fingerprint density at radius 2 is 2.12 bits per heavy atom. The largest absolute Gasteiger partial charge is 0.354 e. The molecule has 0 aliphatic heterocycles. The van der Waals surface area contributed by atoms with E-state index < -0.39 is 0 Å². The lowest BCUT2D eigenvalue weighted by Gasteiger charge is -2.33.